The van der Waals surface area contributed by atoms with E-state index in [1.807, 2.05) is 32.9 Å². The minimum Gasteiger partial charge on any atom is -0.508 e. The molecule has 0 spiro atoms. The lowest BCUT2D eigenvalue weighted by Crippen LogP contribution is -2.29. The first-order valence-corrected chi connectivity index (χ1v) is 12.7. The molecule has 1 saturated heterocycles. The molecule has 1 aliphatic rings. The SMILES string of the molecule is Cc1ccc(C(C)(C)C)cc1/C(O)=C1\C(=O)C(=O)N(c2nc3c(F)cc(F)cc3s2)C1c1ccc(O)cc1. The second-order valence-corrected chi connectivity index (χ2v) is 11.3. The molecule has 1 aromatic heterocycles. The second kappa shape index (κ2) is 9.02. The quantitative estimate of drug-likeness (QED) is 0.178. The normalized spacial score (nSPS) is 17.5. The van der Waals surface area contributed by atoms with Crippen molar-refractivity contribution in [2.75, 3.05) is 4.90 Å². The Morgan fingerprint density at radius 3 is 2.37 bits per heavy atom. The maximum Gasteiger partial charge on any atom is 0.301 e. The number of phenols is 1. The predicted octanol–water partition coefficient (Wildman–Crippen LogP) is 6.51. The van der Waals surface area contributed by atoms with E-state index in [9.17, 15) is 28.6 Å². The Morgan fingerprint density at radius 2 is 1.71 bits per heavy atom. The lowest BCUT2D eigenvalue weighted by atomic mass is 9.84. The van der Waals surface area contributed by atoms with Gasteiger partial charge in [-0.15, -0.1) is 0 Å². The molecule has 0 aliphatic carbocycles. The van der Waals surface area contributed by atoms with Crippen LogP contribution >= 0.6 is 11.3 Å². The van der Waals surface area contributed by atoms with Crippen LogP contribution in [-0.2, 0) is 15.0 Å². The Bertz CT molecular complexity index is 1650. The van der Waals surface area contributed by atoms with E-state index in [1.165, 1.54) is 24.3 Å². The number of aliphatic hydroxyl groups excluding tert-OH is 1. The fraction of sp³-hybridized carbons (Fsp3) is 0.207. The first-order valence-electron chi connectivity index (χ1n) is 11.8. The largest absolute Gasteiger partial charge is 0.508 e. The predicted molar refractivity (Wildman–Crippen MR) is 142 cm³/mol. The fourth-order valence-corrected chi connectivity index (χ4v) is 5.57. The van der Waals surface area contributed by atoms with E-state index in [1.54, 1.807) is 13.0 Å². The number of aryl methyl sites for hydroxylation is 1. The van der Waals surface area contributed by atoms with E-state index >= 15 is 0 Å². The van der Waals surface area contributed by atoms with E-state index in [0.717, 1.165) is 27.9 Å². The first-order chi connectivity index (χ1) is 17.9. The lowest BCUT2D eigenvalue weighted by Gasteiger charge is -2.24. The van der Waals surface area contributed by atoms with Gasteiger partial charge in [0.05, 0.1) is 16.3 Å². The zero-order chi connectivity index (χ0) is 27.5. The fourth-order valence-electron chi connectivity index (χ4n) is 4.54. The van der Waals surface area contributed by atoms with Gasteiger partial charge in [0, 0.05) is 11.6 Å². The molecule has 0 saturated carbocycles. The summed E-state index contributed by atoms with van der Waals surface area (Å²) in [7, 11) is 0. The summed E-state index contributed by atoms with van der Waals surface area (Å²) in [5, 5.41) is 21.4. The molecule has 2 heterocycles. The molecule has 38 heavy (non-hydrogen) atoms. The standard InChI is InChI=1S/C29H24F2N2O4S/c1-14-5-8-16(29(2,3)4)11-19(14)25(35)22-24(15-6-9-18(34)10-7-15)33(27(37)26(22)36)28-32-23-20(31)12-17(30)13-21(23)38-28/h5-13,24,34-35H,1-4H3/b25-22+. The van der Waals surface area contributed by atoms with Crippen molar-refractivity contribution in [3.8, 4) is 5.75 Å². The summed E-state index contributed by atoms with van der Waals surface area (Å²) < 4.78 is 28.5. The number of carbonyl (C=O) groups excluding carboxylic acids is 2. The Morgan fingerprint density at radius 1 is 1.03 bits per heavy atom. The molecule has 5 rings (SSSR count). The summed E-state index contributed by atoms with van der Waals surface area (Å²) in [6.45, 7) is 7.85. The summed E-state index contributed by atoms with van der Waals surface area (Å²) in [4.78, 5) is 32.2. The van der Waals surface area contributed by atoms with Gasteiger partial charge in [-0.25, -0.2) is 13.8 Å². The number of rotatable bonds is 3. The molecule has 1 aliphatic heterocycles. The van der Waals surface area contributed by atoms with E-state index < -0.39 is 29.4 Å². The van der Waals surface area contributed by atoms with Crippen LogP contribution in [0.2, 0.25) is 0 Å². The van der Waals surface area contributed by atoms with Crippen LogP contribution in [0.3, 0.4) is 0 Å². The number of hydrogen-bond acceptors (Lipinski definition) is 6. The van der Waals surface area contributed by atoms with Gasteiger partial charge in [-0.05, 0) is 53.3 Å². The van der Waals surface area contributed by atoms with Gasteiger partial charge in [0.2, 0.25) is 0 Å². The smallest absolute Gasteiger partial charge is 0.301 e. The number of phenolic OH excluding ortho intramolecular Hbond substituents is 1. The molecule has 2 N–H and O–H groups in total. The number of hydrogen-bond donors (Lipinski definition) is 2. The van der Waals surface area contributed by atoms with E-state index in [0.29, 0.717) is 22.8 Å². The third-order valence-corrected chi connectivity index (χ3v) is 7.62. The van der Waals surface area contributed by atoms with Crippen molar-refractivity contribution in [1.29, 1.82) is 0 Å². The highest BCUT2D eigenvalue weighted by atomic mass is 32.1. The van der Waals surface area contributed by atoms with Crippen molar-refractivity contribution >= 4 is 44.1 Å². The number of carbonyl (C=O) groups is 2. The number of halogens is 2. The molecule has 1 unspecified atom stereocenters. The lowest BCUT2D eigenvalue weighted by molar-refractivity contribution is -0.132. The zero-order valence-corrected chi connectivity index (χ0v) is 21.9. The van der Waals surface area contributed by atoms with Crippen LogP contribution in [-0.4, -0.2) is 26.9 Å². The molecule has 1 amide bonds. The average Bonchev–Trinajstić information content (AvgIpc) is 3.37. The van der Waals surface area contributed by atoms with Crippen molar-refractivity contribution in [2.24, 2.45) is 0 Å². The zero-order valence-electron chi connectivity index (χ0n) is 21.0. The molecular weight excluding hydrogens is 510 g/mol. The van der Waals surface area contributed by atoms with Crippen LogP contribution < -0.4 is 4.90 Å². The number of aromatic nitrogens is 1. The van der Waals surface area contributed by atoms with Crippen LogP contribution in [0.1, 0.15) is 49.1 Å². The number of amides is 1. The molecule has 6 nitrogen and oxygen atoms in total. The minimum absolute atomic E-state index is 0.0242. The Hall–Kier alpha value is -4.11. The van der Waals surface area contributed by atoms with Crippen LogP contribution in [0, 0.1) is 18.6 Å². The second-order valence-electron chi connectivity index (χ2n) is 10.3. The minimum atomic E-state index is -1.12. The molecule has 0 radical (unpaired) electrons. The van der Waals surface area contributed by atoms with Gasteiger partial charge < -0.3 is 10.2 Å². The van der Waals surface area contributed by atoms with E-state index in [4.69, 9.17) is 0 Å². The van der Waals surface area contributed by atoms with Crippen LogP contribution in [0.25, 0.3) is 16.0 Å². The summed E-state index contributed by atoms with van der Waals surface area (Å²) in [6.07, 6.45) is 0. The molecular formula is C29H24F2N2O4S. The molecule has 0 bridgehead atoms. The summed E-state index contributed by atoms with van der Waals surface area (Å²) in [5.41, 5.74) is 1.89. The molecule has 4 aromatic rings. The Labute approximate surface area is 221 Å². The van der Waals surface area contributed by atoms with Crippen molar-refractivity contribution in [1.82, 2.24) is 4.98 Å². The number of thiazole rings is 1. The summed E-state index contributed by atoms with van der Waals surface area (Å²) in [5.74, 6) is -3.98. The number of ketones is 1. The number of nitrogens with zero attached hydrogens (tertiary/aromatic N) is 2. The first kappa shape index (κ1) is 25.5. The molecule has 9 heteroatoms. The van der Waals surface area contributed by atoms with Gasteiger partial charge >= 0.3 is 5.91 Å². The number of Topliss-reactive ketones (excluding diaryl/α,β-unsaturated/α-hetero) is 1. The Balaban J connectivity index is 1.76. The topological polar surface area (TPSA) is 90.7 Å². The maximum atomic E-state index is 14.4. The van der Waals surface area contributed by atoms with Crippen molar-refractivity contribution < 1.29 is 28.6 Å². The summed E-state index contributed by atoms with van der Waals surface area (Å²) >= 11 is 0.857. The average molecular weight is 535 g/mol. The number of benzene rings is 3. The molecule has 1 atom stereocenters. The van der Waals surface area contributed by atoms with Gasteiger partial charge in [0.1, 0.15) is 22.8 Å². The van der Waals surface area contributed by atoms with Crippen molar-refractivity contribution in [3.63, 3.8) is 0 Å². The number of aliphatic hydroxyl groups is 1. The van der Waals surface area contributed by atoms with Gasteiger partial charge in [0.15, 0.2) is 10.9 Å². The number of fused-ring (bicyclic) bond motifs is 1. The van der Waals surface area contributed by atoms with E-state index in [2.05, 4.69) is 4.98 Å². The molecule has 3 aromatic carbocycles. The molecule has 1 fully saturated rings. The summed E-state index contributed by atoms with van der Waals surface area (Å²) in [6, 6.07) is 12.1. The van der Waals surface area contributed by atoms with Crippen LogP contribution in [0.4, 0.5) is 13.9 Å². The number of anilines is 1. The third kappa shape index (κ3) is 4.22. The highest BCUT2D eigenvalue weighted by molar-refractivity contribution is 7.22. The highest BCUT2D eigenvalue weighted by Crippen LogP contribution is 2.45. The maximum absolute atomic E-state index is 14.4. The van der Waals surface area contributed by atoms with Gasteiger partial charge in [-0.1, -0.05) is 56.4 Å². The molecule has 194 valence electrons. The highest BCUT2D eigenvalue weighted by Gasteiger charge is 2.48. The van der Waals surface area contributed by atoms with Gasteiger partial charge in [-0.2, -0.15) is 0 Å². The van der Waals surface area contributed by atoms with Crippen molar-refractivity contribution in [2.45, 2.75) is 39.2 Å². The number of aromatic hydroxyl groups is 1. The third-order valence-electron chi connectivity index (χ3n) is 6.62. The van der Waals surface area contributed by atoms with Gasteiger partial charge in [-0.3, -0.25) is 14.5 Å². The van der Waals surface area contributed by atoms with E-state index in [-0.39, 0.29) is 37.8 Å². The van der Waals surface area contributed by atoms with Gasteiger partial charge in [0.25, 0.3) is 5.78 Å². The van der Waals surface area contributed by atoms with Crippen molar-refractivity contribution in [3.05, 3.63) is 94.1 Å². The monoisotopic (exact) mass is 534 g/mol. The van der Waals surface area contributed by atoms with Crippen LogP contribution in [0.5, 0.6) is 5.75 Å². The Kier molecular flexibility index (Phi) is 6.06. The van der Waals surface area contributed by atoms with Crippen LogP contribution in [0.15, 0.2) is 60.2 Å².